The SMILES string of the molecule is CC#CC(=O)N1CCCC(c2ccccc2Cl)C1. The molecule has 1 fully saturated rings. The van der Waals surface area contributed by atoms with E-state index < -0.39 is 0 Å². The highest BCUT2D eigenvalue weighted by Crippen LogP contribution is 2.31. The zero-order valence-electron chi connectivity index (χ0n) is 10.4. The molecule has 3 heteroatoms. The largest absolute Gasteiger partial charge is 0.331 e. The summed E-state index contributed by atoms with van der Waals surface area (Å²) in [5.41, 5.74) is 1.14. The molecule has 0 radical (unpaired) electrons. The van der Waals surface area contributed by atoms with Crippen LogP contribution < -0.4 is 0 Å². The van der Waals surface area contributed by atoms with Crippen LogP contribution in [0.5, 0.6) is 0 Å². The maximum Gasteiger partial charge on any atom is 0.298 e. The van der Waals surface area contributed by atoms with E-state index in [9.17, 15) is 4.79 Å². The van der Waals surface area contributed by atoms with Gasteiger partial charge in [0.1, 0.15) is 0 Å². The van der Waals surface area contributed by atoms with Crippen molar-refractivity contribution in [3.8, 4) is 11.8 Å². The number of benzene rings is 1. The van der Waals surface area contributed by atoms with Crippen LogP contribution in [0.2, 0.25) is 5.02 Å². The third-order valence-corrected chi connectivity index (χ3v) is 3.63. The standard InChI is InChI=1S/C15H16ClNO/c1-2-6-15(18)17-10-5-7-12(11-17)13-8-3-4-9-14(13)16/h3-4,8-9,12H,5,7,10-11H2,1H3. The van der Waals surface area contributed by atoms with Crippen molar-refractivity contribution in [2.24, 2.45) is 0 Å². The lowest BCUT2D eigenvalue weighted by Crippen LogP contribution is -2.38. The van der Waals surface area contributed by atoms with Crippen LogP contribution in [0.25, 0.3) is 0 Å². The molecule has 0 bridgehead atoms. The molecule has 1 aliphatic heterocycles. The van der Waals surface area contributed by atoms with Gasteiger partial charge < -0.3 is 4.90 Å². The van der Waals surface area contributed by atoms with E-state index >= 15 is 0 Å². The van der Waals surface area contributed by atoms with Gasteiger partial charge in [-0.05, 0) is 37.3 Å². The zero-order valence-corrected chi connectivity index (χ0v) is 11.2. The molecule has 94 valence electrons. The summed E-state index contributed by atoms with van der Waals surface area (Å²) in [6.07, 6.45) is 2.08. The Labute approximate surface area is 113 Å². The van der Waals surface area contributed by atoms with Crippen molar-refractivity contribution in [2.45, 2.75) is 25.7 Å². The number of nitrogens with zero attached hydrogens (tertiary/aromatic N) is 1. The molecule has 1 saturated heterocycles. The monoisotopic (exact) mass is 261 g/mol. The molecule has 1 heterocycles. The first-order valence-electron chi connectivity index (χ1n) is 6.18. The Morgan fingerprint density at radius 1 is 1.44 bits per heavy atom. The lowest BCUT2D eigenvalue weighted by molar-refractivity contribution is -0.126. The van der Waals surface area contributed by atoms with Gasteiger partial charge in [0, 0.05) is 24.0 Å². The van der Waals surface area contributed by atoms with Crippen molar-refractivity contribution >= 4 is 17.5 Å². The predicted octanol–water partition coefficient (Wildman–Crippen LogP) is 3.07. The Morgan fingerprint density at radius 2 is 2.22 bits per heavy atom. The summed E-state index contributed by atoms with van der Waals surface area (Å²) in [5.74, 6) is 5.52. The molecule has 0 aromatic heterocycles. The minimum Gasteiger partial charge on any atom is -0.331 e. The molecular formula is C15H16ClNO. The first-order chi connectivity index (χ1) is 8.72. The summed E-state index contributed by atoms with van der Waals surface area (Å²) in [6.45, 7) is 3.21. The fourth-order valence-electron chi connectivity index (χ4n) is 2.41. The second kappa shape index (κ2) is 5.93. The van der Waals surface area contributed by atoms with Gasteiger partial charge in [-0.3, -0.25) is 4.79 Å². The van der Waals surface area contributed by atoms with Gasteiger partial charge in [-0.1, -0.05) is 35.7 Å². The molecule has 1 amide bonds. The minimum absolute atomic E-state index is 0.0748. The maximum atomic E-state index is 11.8. The Balaban J connectivity index is 2.13. The average Bonchev–Trinajstić information content (AvgIpc) is 2.40. The van der Waals surface area contributed by atoms with Crippen molar-refractivity contribution in [3.63, 3.8) is 0 Å². The first-order valence-corrected chi connectivity index (χ1v) is 6.56. The lowest BCUT2D eigenvalue weighted by atomic mass is 9.90. The van der Waals surface area contributed by atoms with Crippen molar-refractivity contribution in [1.29, 1.82) is 0 Å². The van der Waals surface area contributed by atoms with E-state index in [0.717, 1.165) is 36.5 Å². The summed E-state index contributed by atoms with van der Waals surface area (Å²) < 4.78 is 0. The van der Waals surface area contributed by atoms with Gasteiger partial charge in [-0.25, -0.2) is 0 Å². The van der Waals surface area contributed by atoms with Gasteiger partial charge in [0.25, 0.3) is 5.91 Å². The van der Waals surface area contributed by atoms with Crippen molar-refractivity contribution in [2.75, 3.05) is 13.1 Å². The van der Waals surface area contributed by atoms with Crippen LogP contribution in [0.1, 0.15) is 31.2 Å². The molecule has 0 aliphatic carbocycles. The van der Waals surface area contributed by atoms with E-state index in [0.29, 0.717) is 5.92 Å². The number of halogens is 1. The molecule has 1 atom stereocenters. The normalized spacial score (nSPS) is 19.0. The van der Waals surface area contributed by atoms with Gasteiger partial charge in [-0.2, -0.15) is 0 Å². The first kappa shape index (κ1) is 13.0. The van der Waals surface area contributed by atoms with E-state index in [4.69, 9.17) is 11.6 Å². The van der Waals surface area contributed by atoms with Crippen molar-refractivity contribution in [1.82, 2.24) is 4.90 Å². The second-order valence-corrected chi connectivity index (χ2v) is 4.89. The van der Waals surface area contributed by atoms with Crippen molar-refractivity contribution in [3.05, 3.63) is 34.9 Å². The summed E-state index contributed by atoms with van der Waals surface area (Å²) in [5, 5.41) is 0.790. The summed E-state index contributed by atoms with van der Waals surface area (Å²) in [7, 11) is 0. The molecule has 18 heavy (non-hydrogen) atoms. The third-order valence-electron chi connectivity index (χ3n) is 3.29. The number of rotatable bonds is 1. The molecule has 0 saturated carbocycles. The molecule has 2 rings (SSSR count). The highest BCUT2D eigenvalue weighted by Gasteiger charge is 2.24. The molecule has 1 aliphatic rings. The fourth-order valence-corrected chi connectivity index (χ4v) is 2.70. The molecular weight excluding hydrogens is 246 g/mol. The van der Waals surface area contributed by atoms with E-state index in [1.807, 2.05) is 29.2 Å². The molecule has 1 aromatic carbocycles. The molecule has 0 spiro atoms. The van der Waals surface area contributed by atoms with Crippen LogP contribution in [0.3, 0.4) is 0 Å². The number of likely N-dealkylation sites (tertiary alicyclic amines) is 1. The van der Waals surface area contributed by atoms with Crippen LogP contribution >= 0.6 is 11.6 Å². The highest BCUT2D eigenvalue weighted by atomic mass is 35.5. The Hall–Kier alpha value is -1.46. The maximum absolute atomic E-state index is 11.8. The number of carbonyl (C=O) groups excluding carboxylic acids is 1. The van der Waals surface area contributed by atoms with Gasteiger partial charge in [-0.15, -0.1) is 0 Å². The summed E-state index contributed by atoms with van der Waals surface area (Å²) in [6, 6.07) is 7.88. The van der Waals surface area contributed by atoms with Gasteiger partial charge in [0.2, 0.25) is 0 Å². The van der Waals surface area contributed by atoms with E-state index in [1.54, 1.807) is 6.92 Å². The number of hydrogen-bond acceptors (Lipinski definition) is 1. The number of piperidine rings is 1. The average molecular weight is 262 g/mol. The number of hydrogen-bond donors (Lipinski definition) is 0. The summed E-state index contributed by atoms with van der Waals surface area (Å²) in [4.78, 5) is 13.6. The van der Waals surface area contributed by atoms with Crippen LogP contribution in [0.15, 0.2) is 24.3 Å². The lowest BCUT2D eigenvalue weighted by Gasteiger charge is -2.32. The zero-order chi connectivity index (χ0) is 13.0. The van der Waals surface area contributed by atoms with E-state index in [2.05, 4.69) is 11.8 Å². The Kier molecular flexibility index (Phi) is 4.28. The number of carbonyl (C=O) groups is 1. The van der Waals surface area contributed by atoms with Crippen LogP contribution in [-0.2, 0) is 4.79 Å². The van der Waals surface area contributed by atoms with Gasteiger partial charge in [0.05, 0.1) is 0 Å². The van der Waals surface area contributed by atoms with Crippen LogP contribution in [-0.4, -0.2) is 23.9 Å². The quantitative estimate of drug-likeness (QED) is 0.712. The Morgan fingerprint density at radius 3 is 2.94 bits per heavy atom. The smallest absolute Gasteiger partial charge is 0.298 e. The van der Waals surface area contributed by atoms with E-state index in [1.165, 1.54) is 0 Å². The molecule has 1 aromatic rings. The van der Waals surface area contributed by atoms with Crippen LogP contribution in [0, 0.1) is 11.8 Å². The van der Waals surface area contributed by atoms with E-state index in [-0.39, 0.29) is 5.91 Å². The highest BCUT2D eigenvalue weighted by molar-refractivity contribution is 6.31. The van der Waals surface area contributed by atoms with Gasteiger partial charge >= 0.3 is 0 Å². The topological polar surface area (TPSA) is 20.3 Å². The van der Waals surface area contributed by atoms with Gasteiger partial charge in [0.15, 0.2) is 0 Å². The van der Waals surface area contributed by atoms with Crippen LogP contribution in [0.4, 0.5) is 0 Å². The third kappa shape index (κ3) is 2.86. The predicted molar refractivity (Wildman–Crippen MR) is 73.5 cm³/mol. The molecule has 1 unspecified atom stereocenters. The van der Waals surface area contributed by atoms with Crippen molar-refractivity contribution < 1.29 is 4.79 Å². The summed E-state index contributed by atoms with van der Waals surface area (Å²) >= 11 is 6.21. The molecule has 2 nitrogen and oxygen atoms in total. The second-order valence-electron chi connectivity index (χ2n) is 4.49. The fraction of sp³-hybridized carbons (Fsp3) is 0.400. The minimum atomic E-state index is -0.0748. The Bertz CT molecular complexity index is 501. The molecule has 0 N–H and O–H groups in total. The number of amides is 1.